The van der Waals surface area contributed by atoms with Gasteiger partial charge in [0.1, 0.15) is 24.7 Å². The highest BCUT2D eigenvalue weighted by atomic mass is 35.5. The van der Waals surface area contributed by atoms with E-state index in [2.05, 4.69) is 11.4 Å². The van der Waals surface area contributed by atoms with Gasteiger partial charge in [0.15, 0.2) is 0 Å². The topological polar surface area (TPSA) is 59.1 Å². The number of fused-ring (bicyclic) bond motifs is 1. The van der Waals surface area contributed by atoms with Crippen molar-refractivity contribution in [1.29, 1.82) is 0 Å². The summed E-state index contributed by atoms with van der Waals surface area (Å²) in [5, 5.41) is 2.70. The van der Waals surface area contributed by atoms with E-state index in [0.29, 0.717) is 41.8 Å². The van der Waals surface area contributed by atoms with Crippen LogP contribution in [0.1, 0.15) is 40.2 Å². The average Bonchev–Trinajstić information content (AvgIpc) is 3.36. The van der Waals surface area contributed by atoms with Crippen molar-refractivity contribution in [1.82, 2.24) is 9.80 Å². The summed E-state index contributed by atoms with van der Waals surface area (Å²) in [5.41, 5.74) is 1.62. The van der Waals surface area contributed by atoms with E-state index in [1.807, 2.05) is 24.0 Å². The lowest BCUT2D eigenvalue weighted by Crippen LogP contribution is -2.48. The van der Waals surface area contributed by atoms with Crippen molar-refractivity contribution >= 4 is 34.8 Å². The molecule has 1 aromatic heterocycles. The molecule has 3 aromatic rings. The highest BCUT2D eigenvalue weighted by Crippen LogP contribution is 2.34. The number of rotatable bonds is 9. The first kappa shape index (κ1) is 25.1. The van der Waals surface area contributed by atoms with Crippen LogP contribution in [0.15, 0.2) is 60.0 Å². The van der Waals surface area contributed by atoms with Gasteiger partial charge in [0, 0.05) is 28.6 Å². The van der Waals surface area contributed by atoms with E-state index in [1.54, 1.807) is 59.7 Å². The largest absolute Gasteiger partial charge is 0.497 e. The number of amides is 2. The summed E-state index contributed by atoms with van der Waals surface area (Å²) in [6.45, 7) is 3.42. The summed E-state index contributed by atoms with van der Waals surface area (Å²) in [7, 11) is 1.57. The molecule has 0 N–H and O–H groups in total. The van der Waals surface area contributed by atoms with Gasteiger partial charge in [-0.05, 0) is 72.3 Å². The molecule has 35 heavy (non-hydrogen) atoms. The zero-order valence-corrected chi connectivity index (χ0v) is 21.5. The lowest BCUT2D eigenvalue weighted by molar-refractivity contribution is -0.135. The molecule has 0 radical (unpaired) electrons. The van der Waals surface area contributed by atoms with Crippen LogP contribution in [-0.2, 0) is 11.2 Å². The Morgan fingerprint density at radius 3 is 2.69 bits per heavy atom. The van der Waals surface area contributed by atoms with Gasteiger partial charge in [-0.2, -0.15) is 0 Å². The number of methoxy groups -OCH3 is 1. The molecule has 184 valence electrons. The van der Waals surface area contributed by atoms with Crippen LogP contribution in [0.3, 0.4) is 0 Å². The summed E-state index contributed by atoms with van der Waals surface area (Å²) < 4.78 is 11.3. The molecule has 6 nitrogen and oxygen atoms in total. The van der Waals surface area contributed by atoms with Gasteiger partial charge in [-0.25, -0.2) is 0 Å². The van der Waals surface area contributed by atoms with E-state index in [1.165, 1.54) is 4.88 Å². The third-order valence-corrected chi connectivity index (χ3v) is 7.31. The Labute approximate surface area is 215 Å². The van der Waals surface area contributed by atoms with Crippen LogP contribution in [0, 0.1) is 0 Å². The number of halogens is 1. The summed E-state index contributed by atoms with van der Waals surface area (Å²) in [6.07, 6.45) is 1.55. The van der Waals surface area contributed by atoms with Gasteiger partial charge >= 0.3 is 0 Å². The number of hydrogen-bond donors (Lipinski definition) is 0. The Morgan fingerprint density at radius 2 is 1.94 bits per heavy atom. The minimum atomic E-state index is -0.219. The van der Waals surface area contributed by atoms with Crippen LogP contribution in [0.5, 0.6) is 11.5 Å². The summed E-state index contributed by atoms with van der Waals surface area (Å²) >= 11 is 7.70. The molecule has 1 aliphatic rings. The molecule has 1 unspecified atom stereocenters. The van der Waals surface area contributed by atoms with Crippen molar-refractivity contribution in [3.8, 4) is 11.5 Å². The van der Waals surface area contributed by atoms with E-state index in [9.17, 15) is 9.59 Å². The monoisotopic (exact) mass is 512 g/mol. The molecule has 0 saturated carbocycles. The zero-order chi connectivity index (χ0) is 24.8. The summed E-state index contributed by atoms with van der Waals surface area (Å²) in [4.78, 5) is 31.6. The van der Waals surface area contributed by atoms with E-state index in [0.717, 1.165) is 18.4 Å². The Kier molecular flexibility index (Phi) is 8.31. The van der Waals surface area contributed by atoms with E-state index in [4.69, 9.17) is 21.1 Å². The first-order valence-corrected chi connectivity index (χ1v) is 12.9. The van der Waals surface area contributed by atoms with Gasteiger partial charge in [0.2, 0.25) is 5.91 Å². The summed E-state index contributed by atoms with van der Waals surface area (Å²) in [5.74, 6) is 1.04. The smallest absolute Gasteiger partial charge is 0.254 e. The van der Waals surface area contributed by atoms with Crippen LogP contribution in [0.4, 0.5) is 0 Å². The second kappa shape index (κ2) is 11.6. The van der Waals surface area contributed by atoms with Crippen LogP contribution < -0.4 is 9.47 Å². The summed E-state index contributed by atoms with van der Waals surface area (Å²) in [6, 6.07) is 16.1. The second-order valence-corrected chi connectivity index (χ2v) is 9.81. The van der Waals surface area contributed by atoms with Crippen molar-refractivity contribution in [2.24, 2.45) is 0 Å². The van der Waals surface area contributed by atoms with Crippen LogP contribution in [0.2, 0.25) is 5.02 Å². The number of nitrogens with zero attached hydrogens (tertiary/aromatic N) is 2. The fourth-order valence-corrected chi connectivity index (χ4v) is 5.35. The second-order valence-electron chi connectivity index (χ2n) is 8.38. The molecule has 2 heterocycles. The number of carbonyl (C=O) groups is 2. The van der Waals surface area contributed by atoms with Crippen molar-refractivity contribution in [2.75, 3.05) is 33.4 Å². The zero-order valence-electron chi connectivity index (χ0n) is 19.9. The third-order valence-electron chi connectivity index (χ3n) is 6.06. The molecular formula is C27H29ClN2O4S. The molecule has 0 aliphatic carbocycles. The van der Waals surface area contributed by atoms with Crippen molar-refractivity contribution in [2.45, 2.75) is 25.8 Å². The number of hydrogen-bond acceptors (Lipinski definition) is 5. The van der Waals surface area contributed by atoms with Gasteiger partial charge < -0.3 is 19.3 Å². The molecule has 4 rings (SSSR count). The first-order valence-electron chi connectivity index (χ1n) is 11.7. The van der Waals surface area contributed by atoms with Gasteiger partial charge in [-0.15, -0.1) is 11.3 Å². The Bertz CT molecular complexity index is 1160. The van der Waals surface area contributed by atoms with Gasteiger partial charge in [0.05, 0.1) is 13.2 Å². The third kappa shape index (κ3) is 5.97. The van der Waals surface area contributed by atoms with Crippen molar-refractivity contribution in [3.05, 3.63) is 81.0 Å². The van der Waals surface area contributed by atoms with Crippen LogP contribution >= 0.6 is 22.9 Å². The van der Waals surface area contributed by atoms with E-state index in [-0.39, 0.29) is 24.4 Å². The van der Waals surface area contributed by atoms with E-state index >= 15 is 0 Å². The van der Waals surface area contributed by atoms with Gasteiger partial charge in [0.25, 0.3) is 5.91 Å². The molecule has 8 heteroatoms. The minimum Gasteiger partial charge on any atom is -0.497 e. The lowest BCUT2D eigenvalue weighted by atomic mass is 10.0. The number of ether oxygens (including phenoxy) is 2. The maximum Gasteiger partial charge on any atom is 0.254 e. The molecule has 0 bridgehead atoms. The number of carbonyl (C=O) groups excluding carboxylic acids is 2. The molecule has 1 aliphatic heterocycles. The van der Waals surface area contributed by atoms with Crippen molar-refractivity contribution in [3.63, 3.8) is 0 Å². The fourth-order valence-electron chi connectivity index (χ4n) is 4.30. The molecule has 1 atom stereocenters. The molecule has 0 spiro atoms. The SMILES string of the molecule is CCCN(CC(=O)N1CCc2sccc2C1COc1ccc(Cl)cc1)C(=O)c1cccc(OC)c1. The van der Waals surface area contributed by atoms with Crippen LogP contribution in [-0.4, -0.2) is 55.0 Å². The molecule has 0 saturated heterocycles. The average molecular weight is 513 g/mol. The molecule has 2 amide bonds. The van der Waals surface area contributed by atoms with Crippen molar-refractivity contribution < 1.29 is 19.1 Å². The van der Waals surface area contributed by atoms with Gasteiger partial charge in [-0.3, -0.25) is 9.59 Å². The normalized spacial score (nSPS) is 14.8. The number of benzene rings is 2. The predicted octanol–water partition coefficient (Wildman–Crippen LogP) is 5.47. The lowest BCUT2D eigenvalue weighted by Gasteiger charge is -2.37. The first-order chi connectivity index (χ1) is 17.0. The quantitative estimate of drug-likeness (QED) is 0.381. The Balaban J connectivity index is 1.51. The predicted molar refractivity (Wildman–Crippen MR) is 139 cm³/mol. The standard InChI is InChI=1S/C27H29ClN2O4S/c1-3-13-29(27(32)19-5-4-6-22(16-19)33-2)17-26(31)30-14-11-25-23(12-15-35-25)24(30)18-34-21-9-7-20(28)8-10-21/h4-10,12,15-16,24H,3,11,13-14,17-18H2,1-2H3. The highest BCUT2D eigenvalue weighted by Gasteiger charge is 2.33. The van der Waals surface area contributed by atoms with E-state index < -0.39 is 0 Å². The van der Waals surface area contributed by atoms with Crippen LogP contribution in [0.25, 0.3) is 0 Å². The Hall–Kier alpha value is -3.03. The number of thiophene rings is 1. The molecule has 2 aromatic carbocycles. The highest BCUT2D eigenvalue weighted by molar-refractivity contribution is 7.10. The van der Waals surface area contributed by atoms with Gasteiger partial charge in [-0.1, -0.05) is 24.6 Å². The molecule has 0 fully saturated rings. The molecular weight excluding hydrogens is 484 g/mol. The fraction of sp³-hybridized carbons (Fsp3) is 0.333. The maximum atomic E-state index is 13.6. The minimum absolute atomic E-state index is 0.0147. The Morgan fingerprint density at radius 1 is 1.14 bits per heavy atom. The maximum absolute atomic E-state index is 13.6.